The first-order chi connectivity index (χ1) is 6.52. The van der Waals surface area contributed by atoms with Crippen LogP contribution >= 0.6 is 11.8 Å². The Labute approximate surface area is 91.5 Å². The molecule has 0 rings (SSSR count). The molecule has 2 nitrogen and oxygen atoms in total. The van der Waals surface area contributed by atoms with Gasteiger partial charge in [0.25, 0.3) is 0 Å². The number of carboxylic acid groups (broad SMARTS) is 1. The van der Waals surface area contributed by atoms with E-state index in [1.807, 2.05) is 6.92 Å². The first kappa shape index (κ1) is 13.8. The van der Waals surface area contributed by atoms with Crippen LogP contribution < -0.4 is 0 Å². The van der Waals surface area contributed by atoms with Gasteiger partial charge in [-0.2, -0.15) is 0 Å². The van der Waals surface area contributed by atoms with E-state index >= 15 is 0 Å². The average molecular weight is 218 g/mol. The molecule has 0 spiro atoms. The maximum Gasteiger partial charge on any atom is 0.316 e. The summed E-state index contributed by atoms with van der Waals surface area (Å²) in [4.78, 5) is 11.0. The highest BCUT2D eigenvalue weighted by Gasteiger charge is 2.25. The Morgan fingerprint density at radius 1 is 1.36 bits per heavy atom. The van der Waals surface area contributed by atoms with E-state index in [9.17, 15) is 4.79 Å². The van der Waals surface area contributed by atoms with Crippen LogP contribution in [-0.4, -0.2) is 21.6 Å². The van der Waals surface area contributed by atoms with E-state index in [0.29, 0.717) is 5.25 Å². The highest BCUT2D eigenvalue weighted by atomic mass is 32.2. The molecule has 0 aromatic rings. The Hall–Kier alpha value is -0.180. The Morgan fingerprint density at radius 2 is 1.93 bits per heavy atom. The van der Waals surface area contributed by atoms with E-state index in [4.69, 9.17) is 5.11 Å². The van der Waals surface area contributed by atoms with Crippen molar-refractivity contribution in [2.45, 2.75) is 57.5 Å². The third kappa shape index (κ3) is 4.89. The lowest BCUT2D eigenvalue weighted by Crippen LogP contribution is -2.26. The summed E-state index contributed by atoms with van der Waals surface area (Å²) in [5.41, 5.74) is 0. The number of aliphatic carboxylic acids is 1. The summed E-state index contributed by atoms with van der Waals surface area (Å²) in [6.07, 6.45) is 3.10. The van der Waals surface area contributed by atoms with Crippen LogP contribution in [-0.2, 0) is 4.79 Å². The van der Waals surface area contributed by atoms with Crippen molar-refractivity contribution in [3.8, 4) is 0 Å². The molecule has 0 bridgehead atoms. The van der Waals surface area contributed by atoms with Crippen molar-refractivity contribution in [1.82, 2.24) is 0 Å². The Kier molecular flexibility index (Phi) is 7.06. The molecule has 0 fully saturated rings. The molecule has 14 heavy (non-hydrogen) atoms. The second kappa shape index (κ2) is 7.16. The van der Waals surface area contributed by atoms with Gasteiger partial charge >= 0.3 is 5.97 Å². The Bertz CT molecular complexity index is 171. The SMILES string of the molecule is CCCC(C)C(SC(C)CC)C(=O)O. The van der Waals surface area contributed by atoms with Gasteiger partial charge in [0.05, 0.1) is 0 Å². The highest BCUT2D eigenvalue weighted by Crippen LogP contribution is 2.28. The molecule has 0 saturated carbocycles. The third-order valence-corrected chi connectivity index (χ3v) is 4.22. The van der Waals surface area contributed by atoms with Crippen molar-refractivity contribution in [1.29, 1.82) is 0 Å². The molecule has 84 valence electrons. The van der Waals surface area contributed by atoms with Gasteiger partial charge in [0, 0.05) is 5.25 Å². The molecule has 0 heterocycles. The fourth-order valence-corrected chi connectivity index (χ4v) is 2.60. The molecule has 0 aromatic carbocycles. The van der Waals surface area contributed by atoms with Crippen molar-refractivity contribution < 1.29 is 9.90 Å². The Balaban J connectivity index is 4.21. The lowest BCUT2D eigenvalue weighted by atomic mass is 10.0. The van der Waals surface area contributed by atoms with E-state index in [-0.39, 0.29) is 11.2 Å². The molecule has 0 aliphatic carbocycles. The standard InChI is InChI=1S/C11H22O2S/c1-5-7-8(3)10(11(12)13)14-9(4)6-2/h8-10H,5-7H2,1-4H3,(H,12,13). The zero-order chi connectivity index (χ0) is 11.1. The summed E-state index contributed by atoms with van der Waals surface area (Å²) in [6, 6.07) is 0. The number of hydrogen-bond acceptors (Lipinski definition) is 2. The van der Waals surface area contributed by atoms with E-state index in [0.717, 1.165) is 19.3 Å². The smallest absolute Gasteiger partial charge is 0.316 e. The zero-order valence-corrected chi connectivity index (χ0v) is 10.4. The lowest BCUT2D eigenvalue weighted by Gasteiger charge is -2.21. The van der Waals surface area contributed by atoms with Crippen LogP contribution in [0.1, 0.15) is 47.0 Å². The maximum atomic E-state index is 11.0. The summed E-state index contributed by atoms with van der Waals surface area (Å²) in [5, 5.41) is 9.30. The topological polar surface area (TPSA) is 37.3 Å². The minimum atomic E-state index is -0.656. The summed E-state index contributed by atoms with van der Waals surface area (Å²) >= 11 is 1.60. The molecule has 3 atom stereocenters. The average Bonchev–Trinajstić information content (AvgIpc) is 2.13. The summed E-state index contributed by atoms with van der Waals surface area (Å²) in [7, 11) is 0. The van der Waals surface area contributed by atoms with Gasteiger partial charge < -0.3 is 5.11 Å². The lowest BCUT2D eigenvalue weighted by molar-refractivity contribution is -0.137. The van der Waals surface area contributed by atoms with Crippen LogP contribution in [0.4, 0.5) is 0 Å². The molecule has 0 radical (unpaired) electrons. The van der Waals surface area contributed by atoms with E-state index < -0.39 is 5.97 Å². The van der Waals surface area contributed by atoms with E-state index in [1.54, 1.807) is 11.8 Å². The van der Waals surface area contributed by atoms with Crippen LogP contribution in [0, 0.1) is 5.92 Å². The van der Waals surface area contributed by atoms with Crippen molar-refractivity contribution >= 4 is 17.7 Å². The van der Waals surface area contributed by atoms with Crippen molar-refractivity contribution in [3.63, 3.8) is 0 Å². The van der Waals surface area contributed by atoms with Gasteiger partial charge in [-0.3, -0.25) is 4.79 Å². The zero-order valence-electron chi connectivity index (χ0n) is 9.62. The number of carboxylic acids is 1. The van der Waals surface area contributed by atoms with Gasteiger partial charge in [0.2, 0.25) is 0 Å². The van der Waals surface area contributed by atoms with Crippen LogP contribution in [0.15, 0.2) is 0 Å². The van der Waals surface area contributed by atoms with E-state index in [2.05, 4.69) is 20.8 Å². The van der Waals surface area contributed by atoms with E-state index in [1.165, 1.54) is 0 Å². The van der Waals surface area contributed by atoms with Crippen molar-refractivity contribution in [2.75, 3.05) is 0 Å². The predicted octanol–water partition coefficient (Wildman–Crippen LogP) is 3.41. The summed E-state index contributed by atoms with van der Waals surface area (Å²) in [6.45, 7) is 8.33. The molecule has 0 saturated heterocycles. The van der Waals surface area contributed by atoms with Crippen LogP contribution in [0.25, 0.3) is 0 Å². The third-order valence-electron chi connectivity index (χ3n) is 2.46. The van der Waals surface area contributed by atoms with Gasteiger partial charge in [0.1, 0.15) is 5.25 Å². The molecule has 3 heteroatoms. The molecule has 3 unspecified atom stereocenters. The number of carbonyl (C=O) groups is 1. The van der Waals surface area contributed by atoms with Gasteiger partial charge in [0.15, 0.2) is 0 Å². The molecule has 0 aliphatic heterocycles. The van der Waals surface area contributed by atoms with Crippen LogP contribution in [0.5, 0.6) is 0 Å². The maximum absolute atomic E-state index is 11.0. The van der Waals surface area contributed by atoms with Crippen molar-refractivity contribution in [2.24, 2.45) is 5.92 Å². The second-order valence-corrected chi connectivity index (χ2v) is 5.46. The predicted molar refractivity (Wildman–Crippen MR) is 62.8 cm³/mol. The normalized spacial score (nSPS) is 17.4. The van der Waals surface area contributed by atoms with Gasteiger partial charge in [-0.15, -0.1) is 11.8 Å². The molecular formula is C11H22O2S. The summed E-state index contributed by atoms with van der Waals surface area (Å²) in [5.74, 6) is -0.382. The fraction of sp³-hybridized carbons (Fsp3) is 0.909. The number of rotatable bonds is 7. The van der Waals surface area contributed by atoms with Gasteiger partial charge in [-0.1, -0.05) is 34.1 Å². The largest absolute Gasteiger partial charge is 0.480 e. The highest BCUT2D eigenvalue weighted by molar-refractivity contribution is 8.01. The first-order valence-corrected chi connectivity index (χ1v) is 6.35. The second-order valence-electron chi connectivity index (χ2n) is 3.88. The van der Waals surface area contributed by atoms with Gasteiger partial charge in [-0.05, 0) is 18.8 Å². The number of thioether (sulfide) groups is 1. The molecular weight excluding hydrogens is 196 g/mol. The van der Waals surface area contributed by atoms with Crippen molar-refractivity contribution in [3.05, 3.63) is 0 Å². The molecule has 1 N–H and O–H groups in total. The minimum Gasteiger partial charge on any atom is -0.480 e. The monoisotopic (exact) mass is 218 g/mol. The molecule has 0 amide bonds. The number of hydrogen-bond donors (Lipinski definition) is 1. The Morgan fingerprint density at radius 3 is 2.29 bits per heavy atom. The van der Waals surface area contributed by atoms with Gasteiger partial charge in [-0.25, -0.2) is 0 Å². The van der Waals surface area contributed by atoms with Crippen LogP contribution in [0.3, 0.4) is 0 Å². The van der Waals surface area contributed by atoms with Crippen LogP contribution in [0.2, 0.25) is 0 Å². The first-order valence-electron chi connectivity index (χ1n) is 5.41. The molecule has 0 aliphatic rings. The summed E-state index contributed by atoms with van der Waals surface area (Å²) < 4.78 is 0. The fourth-order valence-electron chi connectivity index (χ4n) is 1.39. The minimum absolute atomic E-state index is 0.232. The quantitative estimate of drug-likeness (QED) is 0.711. The molecule has 0 aromatic heterocycles.